The number of thiazole rings is 1. The summed E-state index contributed by atoms with van der Waals surface area (Å²) < 4.78 is 1.20. The number of nitrogens with zero attached hydrogens (tertiary/aromatic N) is 2. The minimum absolute atomic E-state index is 0.275. The van der Waals surface area contributed by atoms with Gasteiger partial charge >= 0.3 is 0 Å². The van der Waals surface area contributed by atoms with E-state index in [1.165, 1.54) is 66.0 Å². The number of aromatic nitrogens is 1. The molecule has 2 aliphatic carbocycles. The minimum atomic E-state index is -0.275. The zero-order chi connectivity index (χ0) is 35.2. The van der Waals surface area contributed by atoms with Crippen LogP contribution in [0.1, 0.15) is 49.9 Å². The van der Waals surface area contributed by atoms with Crippen LogP contribution in [-0.4, -0.2) is 4.98 Å². The SMILES string of the molecule is CC1(C)c2ccccc2-c2c(-c3ccc4sc(-c5ccccc5)nc4c3)c3c(c(N(c4ccccc4)c4ccccc4)c21)C(C)(C)c1ccccc1-3. The molecule has 0 atom stereocenters. The summed E-state index contributed by atoms with van der Waals surface area (Å²) in [7, 11) is 0. The molecule has 2 nitrogen and oxygen atoms in total. The van der Waals surface area contributed by atoms with Crippen molar-refractivity contribution in [3.8, 4) is 44.0 Å². The maximum absolute atomic E-state index is 5.24. The van der Waals surface area contributed by atoms with Gasteiger partial charge in [-0.15, -0.1) is 11.3 Å². The molecule has 0 spiro atoms. The van der Waals surface area contributed by atoms with E-state index in [4.69, 9.17) is 4.98 Å². The number of para-hydroxylation sites is 2. The molecule has 0 saturated carbocycles. The third-order valence-corrected chi connectivity index (χ3v) is 12.5. The van der Waals surface area contributed by atoms with Gasteiger partial charge < -0.3 is 4.90 Å². The van der Waals surface area contributed by atoms with Crippen LogP contribution in [0.5, 0.6) is 0 Å². The van der Waals surface area contributed by atoms with Gasteiger partial charge in [-0.2, -0.15) is 0 Å². The Morgan fingerprint density at radius 1 is 0.481 bits per heavy atom. The number of rotatable bonds is 5. The van der Waals surface area contributed by atoms with Gasteiger partial charge in [0.25, 0.3) is 0 Å². The summed E-state index contributed by atoms with van der Waals surface area (Å²) in [6, 6.07) is 57.6. The average molecular weight is 687 g/mol. The molecular weight excluding hydrogens is 649 g/mol. The second-order valence-electron chi connectivity index (χ2n) is 15.1. The third-order valence-electron chi connectivity index (χ3n) is 11.4. The molecule has 1 heterocycles. The maximum atomic E-state index is 5.24. The molecule has 0 fully saturated rings. The molecule has 250 valence electrons. The molecule has 0 aliphatic heterocycles. The summed E-state index contributed by atoms with van der Waals surface area (Å²) in [6.45, 7) is 9.71. The van der Waals surface area contributed by atoms with E-state index in [0.717, 1.165) is 27.5 Å². The lowest BCUT2D eigenvalue weighted by Gasteiger charge is -2.38. The lowest BCUT2D eigenvalue weighted by molar-refractivity contribution is 0.640. The lowest BCUT2D eigenvalue weighted by atomic mass is 9.73. The maximum Gasteiger partial charge on any atom is 0.124 e. The van der Waals surface area contributed by atoms with Crippen LogP contribution in [0.2, 0.25) is 0 Å². The van der Waals surface area contributed by atoms with Gasteiger partial charge in [0.05, 0.1) is 15.9 Å². The zero-order valence-corrected chi connectivity index (χ0v) is 30.6. The van der Waals surface area contributed by atoms with Gasteiger partial charge in [0.1, 0.15) is 5.01 Å². The second-order valence-corrected chi connectivity index (χ2v) is 16.2. The Balaban J connectivity index is 1.38. The minimum Gasteiger partial charge on any atom is -0.310 e. The molecular formula is C49H38N2S. The van der Waals surface area contributed by atoms with Crippen LogP contribution < -0.4 is 4.90 Å². The average Bonchev–Trinajstić information content (AvgIpc) is 3.79. The van der Waals surface area contributed by atoms with Crippen LogP contribution >= 0.6 is 11.3 Å². The lowest BCUT2D eigenvalue weighted by Crippen LogP contribution is -2.26. The number of hydrogen-bond donors (Lipinski definition) is 0. The van der Waals surface area contributed by atoms with E-state index in [9.17, 15) is 0 Å². The number of anilines is 3. The summed E-state index contributed by atoms with van der Waals surface area (Å²) in [4.78, 5) is 7.78. The van der Waals surface area contributed by atoms with E-state index in [-0.39, 0.29) is 10.8 Å². The first kappa shape index (κ1) is 31.0. The molecule has 3 heteroatoms. The van der Waals surface area contributed by atoms with Gasteiger partial charge in [0.15, 0.2) is 0 Å². The molecule has 0 amide bonds. The Bertz CT molecular complexity index is 2540. The number of fused-ring (bicyclic) bond motifs is 7. The highest BCUT2D eigenvalue weighted by Gasteiger charge is 2.48. The molecule has 2 aliphatic rings. The van der Waals surface area contributed by atoms with Gasteiger partial charge in [0.2, 0.25) is 0 Å². The van der Waals surface area contributed by atoms with Crippen LogP contribution in [-0.2, 0) is 10.8 Å². The molecule has 10 rings (SSSR count). The molecule has 52 heavy (non-hydrogen) atoms. The number of hydrogen-bond acceptors (Lipinski definition) is 3. The van der Waals surface area contributed by atoms with Gasteiger partial charge in [0, 0.05) is 27.8 Å². The highest BCUT2D eigenvalue weighted by Crippen LogP contribution is 2.66. The summed E-state index contributed by atoms with van der Waals surface area (Å²) in [6.07, 6.45) is 0. The molecule has 0 unspecified atom stereocenters. The van der Waals surface area contributed by atoms with Crippen LogP contribution in [0.3, 0.4) is 0 Å². The Morgan fingerprint density at radius 2 is 0.962 bits per heavy atom. The van der Waals surface area contributed by atoms with E-state index in [2.05, 4.69) is 190 Å². The summed E-state index contributed by atoms with van der Waals surface area (Å²) in [5.41, 5.74) is 18.5. The molecule has 0 bridgehead atoms. The topological polar surface area (TPSA) is 16.1 Å². The summed E-state index contributed by atoms with van der Waals surface area (Å²) >= 11 is 1.77. The molecule has 8 aromatic rings. The molecule has 7 aromatic carbocycles. The molecule has 1 aromatic heterocycles. The van der Waals surface area contributed by atoms with Crippen molar-refractivity contribution in [1.29, 1.82) is 0 Å². The van der Waals surface area contributed by atoms with Crippen molar-refractivity contribution >= 4 is 38.6 Å². The highest BCUT2D eigenvalue weighted by molar-refractivity contribution is 7.21. The molecule has 0 saturated heterocycles. The van der Waals surface area contributed by atoms with E-state index >= 15 is 0 Å². The first-order valence-corrected chi connectivity index (χ1v) is 19.0. The standard InChI is InChI=1S/C49H38N2S/c1-48(2)37-26-16-14-24-35(37)42-41(32-28-29-40-39(30-32)50-47(52-40)31-18-8-5-9-19-31)43-36-25-15-17-27-38(36)49(3,4)45(43)46(44(42)48)51(33-20-10-6-11-21-33)34-22-12-7-13-23-34/h5-30H,1-4H3. The van der Waals surface area contributed by atoms with Crippen molar-refractivity contribution in [1.82, 2.24) is 4.98 Å². The highest BCUT2D eigenvalue weighted by atomic mass is 32.1. The van der Waals surface area contributed by atoms with E-state index < -0.39 is 0 Å². The summed E-state index contributed by atoms with van der Waals surface area (Å²) in [5, 5.41) is 1.05. The van der Waals surface area contributed by atoms with E-state index in [1.807, 2.05) is 0 Å². The fourth-order valence-electron chi connectivity index (χ4n) is 9.11. The van der Waals surface area contributed by atoms with Gasteiger partial charge in [-0.1, -0.05) is 149 Å². The Kier molecular flexibility index (Phi) is 6.78. The number of benzene rings is 7. The first-order chi connectivity index (χ1) is 25.3. The van der Waals surface area contributed by atoms with Gasteiger partial charge in [-0.05, 0) is 92.0 Å². The molecule has 0 N–H and O–H groups in total. The monoisotopic (exact) mass is 686 g/mol. The zero-order valence-electron chi connectivity index (χ0n) is 29.8. The fourth-order valence-corrected chi connectivity index (χ4v) is 10.1. The van der Waals surface area contributed by atoms with Crippen molar-refractivity contribution in [2.75, 3.05) is 4.90 Å². The van der Waals surface area contributed by atoms with Gasteiger partial charge in [-0.25, -0.2) is 4.98 Å². The predicted molar refractivity (Wildman–Crippen MR) is 220 cm³/mol. The van der Waals surface area contributed by atoms with Crippen LogP contribution in [0.25, 0.3) is 54.2 Å². The van der Waals surface area contributed by atoms with Crippen LogP contribution in [0, 0.1) is 0 Å². The van der Waals surface area contributed by atoms with Crippen molar-refractivity contribution in [2.45, 2.75) is 38.5 Å². The van der Waals surface area contributed by atoms with E-state index in [1.54, 1.807) is 11.3 Å². The van der Waals surface area contributed by atoms with Crippen LogP contribution in [0.15, 0.2) is 158 Å². The third kappa shape index (κ3) is 4.39. The fraction of sp³-hybridized carbons (Fsp3) is 0.122. The quantitative estimate of drug-likeness (QED) is 0.179. The predicted octanol–water partition coefficient (Wildman–Crippen LogP) is 13.7. The second kappa shape index (κ2) is 11.4. The smallest absolute Gasteiger partial charge is 0.124 e. The Labute approximate surface area is 309 Å². The Hall–Kier alpha value is -5.77. The first-order valence-electron chi connectivity index (χ1n) is 18.2. The van der Waals surface area contributed by atoms with E-state index in [0.29, 0.717) is 0 Å². The largest absolute Gasteiger partial charge is 0.310 e. The van der Waals surface area contributed by atoms with Crippen molar-refractivity contribution in [3.63, 3.8) is 0 Å². The van der Waals surface area contributed by atoms with Crippen molar-refractivity contribution in [2.24, 2.45) is 0 Å². The van der Waals surface area contributed by atoms with Gasteiger partial charge in [-0.3, -0.25) is 0 Å². The van der Waals surface area contributed by atoms with Crippen LogP contribution in [0.4, 0.5) is 17.1 Å². The Morgan fingerprint density at radius 3 is 1.50 bits per heavy atom. The molecule has 0 radical (unpaired) electrons. The van der Waals surface area contributed by atoms with Crippen molar-refractivity contribution < 1.29 is 0 Å². The summed E-state index contributed by atoms with van der Waals surface area (Å²) in [5.74, 6) is 0. The normalized spacial score (nSPS) is 14.5. The van der Waals surface area contributed by atoms with Crippen molar-refractivity contribution in [3.05, 3.63) is 180 Å².